The minimum atomic E-state index is -0.820. The van der Waals surface area contributed by atoms with E-state index in [1.807, 2.05) is 0 Å². The molecule has 0 saturated heterocycles. The molecule has 0 radical (unpaired) electrons. The summed E-state index contributed by atoms with van der Waals surface area (Å²) in [5.74, 6) is -0.820. The van der Waals surface area contributed by atoms with Crippen molar-refractivity contribution in [3.05, 3.63) is 10.0 Å². The van der Waals surface area contributed by atoms with E-state index in [4.69, 9.17) is 10.8 Å². The van der Waals surface area contributed by atoms with E-state index in [9.17, 15) is 4.79 Å². The van der Waals surface area contributed by atoms with Crippen LogP contribution in [0.15, 0.2) is 0 Å². The van der Waals surface area contributed by atoms with Crippen molar-refractivity contribution >= 4 is 17.3 Å². The Bertz CT molecular complexity index is 274. The lowest BCUT2D eigenvalue weighted by molar-refractivity contribution is -0.136. The van der Waals surface area contributed by atoms with Gasteiger partial charge in [-0.05, 0) is 0 Å². The van der Waals surface area contributed by atoms with E-state index in [0.29, 0.717) is 13.0 Å². The molecule has 1 aromatic rings. The van der Waals surface area contributed by atoms with Crippen molar-refractivity contribution in [2.45, 2.75) is 19.4 Å². The molecule has 0 aliphatic carbocycles. The lowest BCUT2D eigenvalue weighted by atomic mass is 10.3. The molecule has 66 valence electrons. The molecule has 0 aliphatic rings. The zero-order valence-electron chi connectivity index (χ0n) is 6.36. The van der Waals surface area contributed by atoms with Gasteiger partial charge in [0, 0.05) is 13.0 Å². The molecule has 0 atom stereocenters. The van der Waals surface area contributed by atoms with Crippen LogP contribution in [0.1, 0.15) is 16.4 Å². The van der Waals surface area contributed by atoms with E-state index in [2.05, 4.69) is 10.2 Å². The van der Waals surface area contributed by atoms with Gasteiger partial charge >= 0.3 is 5.97 Å². The molecule has 0 aliphatic heterocycles. The number of carboxylic acids is 1. The molecule has 0 aromatic carbocycles. The first-order valence-electron chi connectivity index (χ1n) is 3.45. The summed E-state index contributed by atoms with van der Waals surface area (Å²) in [6, 6.07) is 0. The molecule has 1 rings (SSSR count). The maximum absolute atomic E-state index is 10.2. The number of carbonyl (C=O) groups is 1. The number of nitrogens with zero attached hydrogens (tertiary/aromatic N) is 2. The second kappa shape index (κ2) is 4.13. The van der Waals surface area contributed by atoms with Crippen LogP contribution in [0, 0.1) is 0 Å². The highest BCUT2D eigenvalue weighted by Gasteiger charge is 2.04. The molecule has 0 bridgehead atoms. The van der Waals surface area contributed by atoms with Crippen molar-refractivity contribution < 1.29 is 9.90 Å². The first kappa shape index (κ1) is 9.08. The standard InChI is InChI=1S/C6H9N3O2S/c7-3-5-9-8-4(12-5)1-2-6(10)11/h1-3,7H2,(H,10,11). The third-order valence-corrected chi connectivity index (χ3v) is 2.24. The second-order valence-electron chi connectivity index (χ2n) is 2.19. The van der Waals surface area contributed by atoms with Gasteiger partial charge in [0.1, 0.15) is 10.0 Å². The summed E-state index contributed by atoms with van der Waals surface area (Å²) in [5.41, 5.74) is 5.31. The number of hydrogen-bond donors (Lipinski definition) is 2. The zero-order chi connectivity index (χ0) is 8.97. The van der Waals surface area contributed by atoms with Crippen LogP contribution in [0.4, 0.5) is 0 Å². The van der Waals surface area contributed by atoms with Crippen LogP contribution >= 0.6 is 11.3 Å². The molecule has 0 saturated carbocycles. The topological polar surface area (TPSA) is 89.1 Å². The Kier molecular flexibility index (Phi) is 3.12. The van der Waals surface area contributed by atoms with Gasteiger partial charge in [0.25, 0.3) is 0 Å². The van der Waals surface area contributed by atoms with Gasteiger partial charge in [-0.25, -0.2) is 0 Å². The molecule has 12 heavy (non-hydrogen) atoms. The number of rotatable bonds is 4. The van der Waals surface area contributed by atoms with Crippen LogP contribution < -0.4 is 5.73 Å². The third-order valence-electron chi connectivity index (χ3n) is 1.24. The Morgan fingerprint density at radius 2 is 2.17 bits per heavy atom. The van der Waals surface area contributed by atoms with Crippen molar-refractivity contribution in [3.63, 3.8) is 0 Å². The predicted molar refractivity (Wildman–Crippen MR) is 43.8 cm³/mol. The molecule has 1 aromatic heterocycles. The summed E-state index contributed by atoms with van der Waals surface area (Å²) in [7, 11) is 0. The lowest BCUT2D eigenvalue weighted by Crippen LogP contribution is -1.96. The fourth-order valence-electron chi connectivity index (χ4n) is 0.686. The van der Waals surface area contributed by atoms with Crippen LogP contribution in [0.25, 0.3) is 0 Å². The van der Waals surface area contributed by atoms with Crippen LogP contribution in [-0.2, 0) is 17.8 Å². The number of hydrogen-bond acceptors (Lipinski definition) is 5. The van der Waals surface area contributed by atoms with E-state index in [-0.39, 0.29) is 6.42 Å². The van der Waals surface area contributed by atoms with Gasteiger partial charge in [-0.2, -0.15) is 0 Å². The van der Waals surface area contributed by atoms with Crippen LogP contribution in [0.5, 0.6) is 0 Å². The molecule has 3 N–H and O–H groups in total. The Hall–Kier alpha value is -1.01. The van der Waals surface area contributed by atoms with Gasteiger partial charge < -0.3 is 10.8 Å². The largest absolute Gasteiger partial charge is 0.481 e. The summed E-state index contributed by atoms with van der Waals surface area (Å²) in [4.78, 5) is 10.2. The summed E-state index contributed by atoms with van der Waals surface area (Å²) < 4.78 is 0. The summed E-state index contributed by atoms with van der Waals surface area (Å²) in [6.45, 7) is 0.366. The van der Waals surface area contributed by atoms with Crippen LogP contribution in [0.2, 0.25) is 0 Å². The average molecular weight is 187 g/mol. The normalized spacial score (nSPS) is 10.1. The molecule has 0 fully saturated rings. The van der Waals surface area contributed by atoms with Crippen LogP contribution in [-0.4, -0.2) is 21.3 Å². The number of nitrogens with two attached hydrogens (primary N) is 1. The van der Waals surface area contributed by atoms with E-state index in [1.165, 1.54) is 11.3 Å². The SMILES string of the molecule is NCc1nnc(CCC(=O)O)s1. The minimum absolute atomic E-state index is 0.0964. The monoisotopic (exact) mass is 187 g/mol. The smallest absolute Gasteiger partial charge is 0.303 e. The Morgan fingerprint density at radius 1 is 1.50 bits per heavy atom. The molecular formula is C6H9N3O2S. The second-order valence-corrected chi connectivity index (χ2v) is 3.33. The number of aryl methyl sites for hydroxylation is 1. The van der Waals surface area contributed by atoms with Crippen molar-refractivity contribution in [2.24, 2.45) is 5.73 Å². The maximum Gasteiger partial charge on any atom is 0.303 e. The van der Waals surface area contributed by atoms with Crippen LogP contribution in [0.3, 0.4) is 0 Å². The Morgan fingerprint density at radius 3 is 2.67 bits per heavy atom. The van der Waals surface area contributed by atoms with Gasteiger partial charge in [-0.3, -0.25) is 4.79 Å². The highest BCUT2D eigenvalue weighted by Crippen LogP contribution is 2.10. The summed E-state index contributed by atoms with van der Waals surface area (Å²) in [6.07, 6.45) is 0.534. The molecule has 5 nitrogen and oxygen atoms in total. The summed E-state index contributed by atoms with van der Waals surface area (Å²) >= 11 is 1.36. The molecule has 0 amide bonds. The van der Waals surface area contributed by atoms with Gasteiger partial charge in [-0.15, -0.1) is 21.5 Å². The van der Waals surface area contributed by atoms with Gasteiger partial charge in [-0.1, -0.05) is 0 Å². The number of carboxylic acid groups (broad SMARTS) is 1. The quantitative estimate of drug-likeness (QED) is 0.693. The maximum atomic E-state index is 10.2. The molecule has 0 unspecified atom stereocenters. The third kappa shape index (κ3) is 2.55. The van der Waals surface area contributed by atoms with Crippen molar-refractivity contribution in [3.8, 4) is 0 Å². The first-order chi connectivity index (χ1) is 5.72. The summed E-state index contributed by atoms with van der Waals surface area (Å²) in [5, 5.41) is 17.4. The molecule has 6 heteroatoms. The van der Waals surface area contributed by atoms with E-state index >= 15 is 0 Å². The Balaban J connectivity index is 2.47. The van der Waals surface area contributed by atoms with E-state index in [0.717, 1.165) is 10.0 Å². The van der Waals surface area contributed by atoms with Crippen molar-refractivity contribution in [2.75, 3.05) is 0 Å². The molecule has 0 spiro atoms. The average Bonchev–Trinajstić information content (AvgIpc) is 2.48. The zero-order valence-corrected chi connectivity index (χ0v) is 7.17. The minimum Gasteiger partial charge on any atom is -0.481 e. The number of aromatic nitrogens is 2. The highest BCUT2D eigenvalue weighted by molar-refractivity contribution is 7.11. The number of aliphatic carboxylic acids is 1. The van der Waals surface area contributed by atoms with Gasteiger partial charge in [0.05, 0.1) is 6.42 Å². The highest BCUT2D eigenvalue weighted by atomic mass is 32.1. The fourth-order valence-corrected chi connectivity index (χ4v) is 1.41. The van der Waals surface area contributed by atoms with E-state index < -0.39 is 5.97 Å². The van der Waals surface area contributed by atoms with Gasteiger partial charge in [0.15, 0.2) is 0 Å². The van der Waals surface area contributed by atoms with Gasteiger partial charge in [0.2, 0.25) is 0 Å². The van der Waals surface area contributed by atoms with Crippen molar-refractivity contribution in [1.29, 1.82) is 0 Å². The lowest BCUT2D eigenvalue weighted by Gasteiger charge is -1.87. The van der Waals surface area contributed by atoms with E-state index in [1.54, 1.807) is 0 Å². The molecule has 1 heterocycles. The first-order valence-corrected chi connectivity index (χ1v) is 4.27. The molecular weight excluding hydrogens is 178 g/mol. The predicted octanol–water partition coefficient (Wildman–Crippen LogP) is 0.0140. The fraction of sp³-hybridized carbons (Fsp3) is 0.500. The van der Waals surface area contributed by atoms with Crippen molar-refractivity contribution in [1.82, 2.24) is 10.2 Å². The Labute approximate surface area is 73.2 Å².